The first-order chi connectivity index (χ1) is 12.5. The fraction of sp³-hybridized carbons (Fsp3) is 0.222. The summed E-state index contributed by atoms with van der Waals surface area (Å²) >= 11 is 12.0. The van der Waals surface area contributed by atoms with Gasteiger partial charge in [-0.05, 0) is 29.8 Å². The van der Waals surface area contributed by atoms with Gasteiger partial charge in [-0.25, -0.2) is 0 Å². The van der Waals surface area contributed by atoms with Crippen LogP contribution in [0.4, 0.5) is 0 Å². The molecule has 0 saturated carbocycles. The van der Waals surface area contributed by atoms with E-state index in [0.717, 1.165) is 5.56 Å². The molecule has 0 aliphatic rings. The molecule has 2 rings (SSSR count). The van der Waals surface area contributed by atoms with E-state index in [0.29, 0.717) is 33.7 Å². The van der Waals surface area contributed by atoms with Gasteiger partial charge in [-0.15, -0.1) is 0 Å². The summed E-state index contributed by atoms with van der Waals surface area (Å²) in [6.07, 6.45) is 1.43. The molecule has 0 spiro atoms. The Labute approximate surface area is 161 Å². The minimum atomic E-state index is -0.299. The summed E-state index contributed by atoms with van der Waals surface area (Å²) in [6.45, 7) is 0.149. The van der Waals surface area contributed by atoms with Crippen LogP contribution in [0.2, 0.25) is 10.0 Å². The highest BCUT2D eigenvalue weighted by molar-refractivity contribution is 6.32. The van der Waals surface area contributed by atoms with Gasteiger partial charge in [0.15, 0.2) is 18.1 Å². The zero-order valence-electron chi connectivity index (χ0n) is 14.3. The summed E-state index contributed by atoms with van der Waals surface area (Å²) in [5.41, 5.74) is 1.54. The van der Waals surface area contributed by atoms with Gasteiger partial charge in [0.2, 0.25) is 0 Å². The van der Waals surface area contributed by atoms with Crippen molar-refractivity contribution in [1.82, 2.24) is 5.32 Å². The molecule has 8 heteroatoms. The number of methoxy groups -OCH3 is 2. The van der Waals surface area contributed by atoms with Crippen LogP contribution in [0.5, 0.6) is 11.5 Å². The summed E-state index contributed by atoms with van der Waals surface area (Å²) in [5, 5.41) is 7.47. The molecule has 0 unspecified atom stereocenters. The topological polar surface area (TPSA) is 69.2 Å². The molecular formula is C18H18Cl2N2O4. The number of carbonyl (C=O) groups is 1. The normalized spacial score (nSPS) is 10.6. The summed E-state index contributed by atoms with van der Waals surface area (Å²) in [6, 6.07) is 10.6. The zero-order valence-corrected chi connectivity index (χ0v) is 15.8. The molecule has 0 saturated heterocycles. The van der Waals surface area contributed by atoms with Gasteiger partial charge in [0, 0.05) is 17.1 Å². The van der Waals surface area contributed by atoms with Crippen LogP contribution in [-0.2, 0) is 16.2 Å². The average molecular weight is 397 g/mol. The van der Waals surface area contributed by atoms with Crippen molar-refractivity contribution in [2.45, 2.75) is 6.54 Å². The molecule has 138 valence electrons. The van der Waals surface area contributed by atoms with E-state index >= 15 is 0 Å². The SMILES string of the molecule is COc1cc(/C=N/OCC(=O)NCc2cccc(Cl)c2)cc(Cl)c1OC. The summed E-state index contributed by atoms with van der Waals surface area (Å²) in [5.74, 6) is 0.612. The Morgan fingerprint density at radius 3 is 2.69 bits per heavy atom. The van der Waals surface area contributed by atoms with Gasteiger partial charge in [-0.2, -0.15) is 0 Å². The first-order valence-corrected chi connectivity index (χ1v) is 8.37. The number of oxime groups is 1. The Morgan fingerprint density at radius 1 is 1.19 bits per heavy atom. The van der Waals surface area contributed by atoms with Crippen molar-refractivity contribution in [3.05, 3.63) is 57.6 Å². The van der Waals surface area contributed by atoms with Crippen molar-refractivity contribution >= 4 is 35.3 Å². The van der Waals surface area contributed by atoms with Gasteiger partial charge >= 0.3 is 0 Å². The Bertz CT molecular complexity index is 797. The molecule has 0 aliphatic carbocycles. The highest BCUT2D eigenvalue weighted by Crippen LogP contribution is 2.35. The summed E-state index contributed by atoms with van der Waals surface area (Å²) in [4.78, 5) is 16.7. The number of rotatable bonds is 8. The second-order valence-electron chi connectivity index (χ2n) is 5.15. The van der Waals surface area contributed by atoms with Crippen LogP contribution >= 0.6 is 23.2 Å². The number of carbonyl (C=O) groups excluding carboxylic acids is 1. The number of amides is 1. The molecule has 0 aliphatic heterocycles. The van der Waals surface area contributed by atoms with Crippen molar-refractivity contribution in [3.63, 3.8) is 0 Å². The lowest BCUT2D eigenvalue weighted by Gasteiger charge is -2.09. The molecular weight excluding hydrogens is 379 g/mol. The number of ether oxygens (including phenoxy) is 2. The summed E-state index contributed by atoms with van der Waals surface area (Å²) in [7, 11) is 3.01. The zero-order chi connectivity index (χ0) is 18.9. The van der Waals surface area contributed by atoms with Gasteiger partial charge < -0.3 is 19.6 Å². The quantitative estimate of drug-likeness (QED) is 0.545. The molecule has 1 amide bonds. The van der Waals surface area contributed by atoms with E-state index in [1.807, 2.05) is 12.1 Å². The predicted octanol–water partition coefficient (Wildman–Crippen LogP) is 3.68. The molecule has 0 aromatic heterocycles. The van der Waals surface area contributed by atoms with Crippen LogP contribution in [-0.4, -0.2) is 32.9 Å². The van der Waals surface area contributed by atoms with Crippen molar-refractivity contribution < 1.29 is 19.1 Å². The lowest BCUT2D eigenvalue weighted by Crippen LogP contribution is -2.26. The number of hydrogen-bond donors (Lipinski definition) is 1. The van der Waals surface area contributed by atoms with Gasteiger partial charge in [-0.1, -0.05) is 40.5 Å². The Kier molecular flexibility index (Phi) is 7.56. The minimum absolute atomic E-state index is 0.210. The second kappa shape index (κ2) is 9.89. The smallest absolute Gasteiger partial charge is 0.261 e. The number of benzene rings is 2. The molecule has 0 fully saturated rings. The molecule has 6 nitrogen and oxygen atoms in total. The minimum Gasteiger partial charge on any atom is -0.493 e. The molecule has 2 aromatic carbocycles. The Balaban J connectivity index is 1.83. The summed E-state index contributed by atoms with van der Waals surface area (Å²) < 4.78 is 10.4. The Hall–Kier alpha value is -2.44. The Morgan fingerprint density at radius 2 is 2.00 bits per heavy atom. The van der Waals surface area contributed by atoms with E-state index in [4.69, 9.17) is 37.5 Å². The average Bonchev–Trinajstić information content (AvgIpc) is 2.63. The van der Waals surface area contributed by atoms with Crippen LogP contribution in [0.25, 0.3) is 0 Å². The van der Waals surface area contributed by atoms with Crippen LogP contribution in [0, 0.1) is 0 Å². The first-order valence-electron chi connectivity index (χ1n) is 7.61. The number of hydrogen-bond acceptors (Lipinski definition) is 5. The lowest BCUT2D eigenvalue weighted by atomic mass is 10.2. The number of nitrogens with one attached hydrogen (secondary N) is 1. The monoisotopic (exact) mass is 396 g/mol. The van der Waals surface area contributed by atoms with Gasteiger partial charge in [0.1, 0.15) is 0 Å². The largest absolute Gasteiger partial charge is 0.493 e. The first kappa shape index (κ1) is 19.9. The molecule has 0 bridgehead atoms. The fourth-order valence-corrected chi connectivity index (χ4v) is 2.61. The molecule has 2 aromatic rings. The van der Waals surface area contributed by atoms with E-state index in [9.17, 15) is 4.79 Å². The maximum Gasteiger partial charge on any atom is 0.261 e. The lowest BCUT2D eigenvalue weighted by molar-refractivity contribution is -0.125. The van der Waals surface area contributed by atoms with Gasteiger partial charge in [0.05, 0.1) is 25.5 Å². The third-order valence-corrected chi connectivity index (χ3v) is 3.82. The van der Waals surface area contributed by atoms with E-state index in [1.54, 1.807) is 24.3 Å². The third kappa shape index (κ3) is 5.82. The van der Waals surface area contributed by atoms with Crippen LogP contribution < -0.4 is 14.8 Å². The maximum absolute atomic E-state index is 11.8. The molecule has 0 radical (unpaired) electrons. The van der Waals surface area contributed by atoms with E-state index < -0.39 is 0 Å². The molecule has 0 heterocycles. The number of halogens is 2. The van der Waals surface area contributed by atoms with Gasteiger partial charge in [-0.3, -0.25) is 4.79 Å². The molecule has 26 heavy (non-hydrogen) atoms. The van der Waals surface area contributed by atoms with E-state index in [2.05, 4.69) is 10.5 Å². The predicted molar refractivity (Wildman–Crippen MR) is 101 cm³/mol. The highest BCUT2D eigenvalue weighted by Gasteiger charge is 2.10. The van der Waals surface area contributed by atoms with Crippen molar-refractivity contribution in [2.75, 3.05) is 20.8 Å². The van der Waals surface area contributed by atoms with E-state index in [-0.39, 0.29) is 12.5 Å². The molecule has 1 N–H and O–H groups in total. The standard InChI is InChI=1S/C18H18Cl2N2O4/c1-24-16-8-13(7-15(20)18(16)25-2)10-22-26-11-17(23)21-9-12-4-3-5-14(19)6-12/h3-8,10H,9,11H2,1-2H3,(H,21,23)/b22-10+. The van der Waals surface area contributed by atoms with Crippen LogP contribution in [0.3, 0.4) is 0 Å². The van der Waals surface area contributed by atoms with Crippen molar-refractivity contribution in [3.8, 4) is 11.5 Å². The fourth-order valence-electron chi connectivity index (χ4n) is 2.11. The second-order valence-corrected chi connectivity index (χ2v) is 6.00. The van der Waals surface area contributed by atoms with Crippen LogP contribution in [0.15, 0.2) is 41.6 Å². The van der Waals surface area contributed by atoms with Crippen molar-refractivity contribution in [1.29, 1.82) is 0 Å². The third-order valence-electron chi connectivity index (χ3n) is 3.31. The van der Waals surface area contributed by atoms with E-state index in [1.165, 1.54) is 20.4 Å². The van der Waals surface area contributed by atoms with Crippen molar-refractivity contribution in [2.24, 2.45) is 5.16 Å². The number of nitrogens with zero attached hydrogens (tertiary/aromatic N) is 1. The van der Waals surface area contributed by atoms with Gasteiger partial charge in [0.25, 0.3) is 5.91 Å². The van der Waals surface area contributed by atoms with Crippen LogP contribution in [0.1, 0.15) is 11.1 Å². The highest BCUT2D eigenvalue weighted by atomic mass is 35.5. The molecule has 0 atom stereocenters. The maximum atomic E-state index is 11.8.